The molecule has 0 spiro atoms. The highest BCUT2D eigenvalue weighted by Crippen LogP contribution is 2.21. The number of pyridine rings is 1. The summed E-state index contributed by atoms with van der Waals surface area (Å²) in [5.41, 5.74) is 0.423. The summed E-state index contributed by atoms with van der Waals surface area (Å²) in [4.78, 5) is 3.69. The van der Waals surface area contributed by atoms with Crippen LogP contribution < -0.4 is 4.74 Å². The van der Waals surface area contributed by atoms with Crippen LogP contribution in [0.15, 0.2) is 18.5 Å². The Hall–Kier alpha value is -1.30. The molecule has 15 heavy (non-hydrogen) atoms. The quantitative estimate of drug-likeness (QED) is 0.844. The lowest BCUT2D eigenvalue weighted by Crippen LogP contribution is -2.13. The molecule has 0 radical (unpaired) electrons. The van der Waals surface area contributed by atoms with Gasteiger partial charge in [0.05, 0.1) is 25.8 Å². The summed E-state index contributed by atoms with van der Waals surface area (Å²) in [7, 11) is 0. The smallest absolute Gasteiger partial charge is 0.392 e. The molecule has 0 bridgehead atoms. The van der Waals surface area contributed by atoms with Gasteiger partial charge < -0.3 is 9.84 Å². The second-order valence-corrected chi connectivity index (χ2v) is 2.86. The zero-order valence-corrected chi connectivity index (χ0v) is 7.79. The van der Waals surface area contributed by atoms with Crippen molar-refractivity contribution in [2.45, 2.75) is 19.2 Å². The van der Waals surface area contributed by atoms with Gasteiger partial charge in [0.2, 0.25) is 0 Å². The molecule has 0 saturated heterocycles. The van der Waals surface area contributed by atoms with Gasteiger partial charge >= 0.3 is 6.18 Å². The third-order valence-electron chi connectivity index (χ3n) is 1.68. The van der Waals surface area contributed by atoms with Crippen LogP contribution in [0.1, 0.15) is 12.0 Å². The third kappa shape index (κ3) is 4.16. The molecule has 6 heteroatoms. The number of alkyl halides is 3. The van der Waals surface area contributed by atoms with Crippen molar-refractivity contribution in [3.8, 4) is 5.75 Å². The topological polar surface area (TPSA) is 42.4 Å². The number of aliphatic hydroxyl groups is 1. The van der Waals surface area contributed by atoms with Gasteiger partial charge in [-0.2, -0.15) is 13.2 Å². The van der Waals surface area contributed by atoms with Crippen LogP contribution in [-0.4, -0.2) is 22.9 Å². The lowest BCUT2D eigenvalue weighted by molar-refractivity contribution is -0.139. The maximum Gasteiger partial charge on any atom is 0.392 e. The molecule has 0 atom stereocenters. The summed E-state index contributed by atoms with van der Waals surface area (Å²) in [6.45, 7) is -0.758. The summed E-state index contributed by atoms with van der Waals surface area (Å²) >= 11 is 0. The lowest BCUT2D eigenvalue weighted by atomic mass is 10.2. The molecule has 0 saturated carbocycles. The molecule has 0 fully saturated rings. The molecule has 0 aliphatic carbocycles. The van der Waals surface area contributed by atoms with E-state index in [0.717, 1.165) is 0 Å². The Morgan fingerprint density at radius 3 is 2.73 bits per heavy atom. The number of halogens is 3. The zero-order chi connectivity index (χ0) is 11.3. The van der Waals surface area contributed by atoms with Crippen molar-refractivity contribution in [3.05, 3.63) is 24.0 Å². The fourth-order valence-corrected chi connectivity index (χ4v) is 0.946. The van der Waals surface area contributed by atoms with E-state index in [0.29, 0.717) is 5.56 Å². The average molecular weight is 221 g/mol. The average Bonchev–Trinajstić information content (AvgIpc) is 2.16. The highest BCUT2D eigenvalue weighted by molar-refractivity contribution is 5.28. The van der Waals surface area contributed by atoms with E-state index in [4.69, 9.17) is 9.84 Å². The molecule has 3 nitrogen and oxygen atoms in total. The minimum Gasteiger partial charge on any atom is -0.491 e. The molecule has 1 heterocycles. The maximum atomic E-state index is 11.8. The van der Waals surface area contributed by atoms with Crippen LogP contribution in [0.3, 0.4) is 0 Å². The summed E-state index contributed by atoms with van der Waals surface area (Å²) < 4.78 is 40.2. The molecule has 0 aliphatic rings. The van der Waals surface area contributed by atoms with E-state index < -0.39 is 19.2 Å². The van der Waals surface area contributed by atoms with E-state index in [2.05, 4.69) is 4.98 Å². The summed E-state index contributed by atoms with van der Waals surface area (Å²) in [5.74, 6) is 0.184. The second-order valence-electron chi connectivity index (χ2n) is 2.86. The highest BCUT2D eigenvalue weighted by atomic mass is 19.4. The zero-order valence-electron chi connectivity index (χ0n) is 7.79. The number of nitrogens with zero attached hydrogens (tertiary/aromatic N) is 1. The Morgan fingerprint density at radius 2 is 2.13 bits per heavy atom. The summed E-state index contributed by atoms with van der Waals surface area (Å²) in [6, 6.07) is 1.49. The minimum atomic E-state index is -4.23. The Bertz CT molecular complexity index is 314. The molecule has 0 unspecified atom stereocenters. The van der Waals surface area contributed by atoms with Crippen LogP contribution in [0.2, 0.25) is 0 Å². The molecule has 1 aromatic rings. The van der Waals surface area contributed by atoms with Gasteiger partial charge in [0.15, 0.2) is 0 Å². The van der Waals surface area contributed by atoms with Gasteiger partial charge in [0.1, 0.15) is 5.75 Å². The van der Waals surface area contributed by atoms with Gasteiger partial charge in [-0.25, -0.2) is 0 Å². The summed E-state index contributed by atoms with van der Waals surface area (Å²) in [6.07, 6.45) is -2.54. The first-order valence-electron chi connectivity index (χ1n) is 4.26. The first kappa shape index (κ1) is 11.8. The van der Waals surface area contributed by atoms with Crippen LogP contribution in [0.5, 0.6) is 5.75 Å². The first-order valence-corrected chi connectivity index (χ1v) is 4.26. The molecule has 0 aliphatic heterocycles. The molecule has 0 aromatic carbocycles. The van der Waals surface area contributed by atoms with E-state index in [-0.39, 0.29) is 12.4 Å². The summed E-state index contributed by atoms with van der Waals surface area (Å²) in [5, 5.41) is 8.85. The largest absolute Gasteiger partial charge is 0.491 e. The predicted molar refractivity (Wildman–Crippen MR) is 46.3 cm³/mol. The van der Waals surface area contributed by atoms with E-state index in [1.54, 1.807) is 0 Å². The molecule has 0 amide bonds. The third-order valence-corrected chi connectivity index (χ3v) is 1.68. The number of aliphatic hydroxyl groups excluding tert-OH is 1. The standard InChI is InChI=1S/C9H10F3NO2/c10-9(11,12)2-4-15-8-5-13-3-1-7(8)6-14/h1,3,5,14H,2,4,6H2. The Kier molecular flexibility index (Phi) is 3.90. The first-order chi connectivity index (χ1) is 7.03. The van der Waals surface area contributed by atoms with Crippen molar-refractivity contribution in [2.75, 3.05) is 6.61 Å². The van der Waals surface area contributed by atoms with Gasteiger partial charge in [-0.05, 0) is 6.07 Å². The Labute approximate surface area is 84.5 Å². The number of ether oxygens (including phenoxy) is 1. The number of hydrogen-bond donors (Lipinski definition) is 1. The van der Waals surface area contributed by atoms with Crippen molar-refractivity contribution in [1.82, 2.24) is 4.98 Å². The van der Waals surface area contributed by atoms with Crippen LogP contribution in [0, 0.1) is 0 Å². The molecule has 1 rings (SSSR count). The molecule has 1 N–H and O–H groups in total. The van der Waals surface area contributed by atoms with Crippen LogP contribution in [0.25, 0.3) is 0 Å². The fraction of sp³-hybridized carbons (Fsp3) is 0.444. The van der Waals surface area contributed by atoms with Gasteiger partial charge in [-0.1, -0.05) is 0 Å². The van der Waals surface area contributed by atoms with Crippen molar-refractivity contribution in [1.29, 1.82) is 0 Å². The molecule has 1 aromatic heterocycles. The Balaban J connectivity index is 2.50. The molecular weight excluding hydrogens is 211 g/mol. The van der Waals surface area contributed by atoms with Gasteiger partial charge in [0, 0.05) is 11.8 Å². The lowest BCUT2D eigenvalue weighted by Gasteiger charge is -2.10. The van der Waals surface area contributed by atoms with Crippen molar-refractivity contribution >= 4 is 0 Å². The SMILES string of the molecule is OCc1ccncc1OCCC(F)(F)F. The fourth-order valence-electron chi connectivity index (χ4n) is 0.946. The van der Waals surface area contributed by atoms with Crippen molar-refractivity contribution < 1.29 is 23.0 Å². The van der Waals surface area contributed by atoms with E-state index in [9.17, 15) is 13.2 Å². The predicted octanol–water partition coefficient (Wildman–Crippen LogP) is 1.91. The van der Waals surface area contributed by atoms with Crippen molar-refractivity contribution in [3.63, 3.8) is 0 Å². The van der Waals surface area contributed by atoms with Gasteiger partial charge in [-0.15, -0.1) is 0 Å². The molecule has 84 valence electrons. The maximum absolute atomic E-state index is 11.8. The van der Waals surface area contributed by atoms with Gasteiger partial charge in [-0.3, -0.25) is 4.98 Å². The van der Waals surface area contributed by atoms with Crippen LogP contribution >= 0.6 is 0 Å². The second kappa shape index (κ2) is 4.97. The van der Waals surface area contributed by atoms with E-state index in [1.165, 1.54) is 18.5 Å². The van der Waals surface area contributed by atoms with Gasteiger partial charge in [0.25, 0.3) is 0 Å². The number of hydrogen-bond acceptors (Lipinski definition) is 3. The van der Waals surface area contributed by atoms with E-state index in [1.807, 2.05) is 0 Å². The van der Waals surface area contributed by atoms with Crippen molar-refractivity contribution in [2.24, 2.45) is 0 Å². The van der Waals surface area contributed by atoms with E-state index >= 15 is 0 Å². The van der Waals surface area contributed by atoms with Crippen LogP contribution in [0.4, 0.5) is 13.2 Å². The normalized spacial score (nSPS) is 11.5. The van der Waals surface area contributed by atoms with Crippen LogP contribution in [-0.2, 0) is 6.61 Å². The monoisotopic (exact) mass is 221 g/mol. The Morgan fingerprint density at radius 1 is 1.40 bits per heavy atom. The number of aromatic nitrogens is 1. The minimum absolute atomic E-state index is 0.184. The highest BCUT2D eigenvalue weighted by Gasteiger charge is 2.26. The molecular formula is C9H10F3NO2. The number of rotatable bonds is 4.